The smallest absolute Gasteiger partial charge is 0.414 e. The number of nitrogens with one attached hydrogen (secondary N) is 2. The first kappa shape index (κ1) is 27.7. The van der Waals surface area contributed by atoms with Crippen molar-refractivity contribution in [1.82, 2.24) is 30.4 Å². The van der Waals surface area contributed by atoms with Crippen molar-refractivity contribution < 1.29 is 23.1 Å². The normalized spacial score (nSPS) is 14.8. The summed E-state index contributed by atoms with van der Waals surface area (Å²) in [6, 6.07) is 11.2. The third-order valence-corrected chi connectivity index (χ3v) is 6.63. The van der Waals surface area contributed by atoms with Crippen LogP contribution in [0.3, 0.4) is 0 Å². The monoisotopic (exact) mass is 565 g/mol. The maximum atomic E-state index is 15.2. The number of fused-ring (bicyclic) bond motifs is 1. The number of carbonyl (C=O) groups is 2. The number of rotatable bonds is 10. The number of carbonyl (C=O) groups excluding carboxylic acids is 2. The van der Waals surface area contributed by atoms with Crippen LogP contribution in [0.15, 0.2) is 61.1 Å². The summed E-state index contributed by atoms with van der Waals surface area (Å²) in [4.78, 5) is 32.0. The number of hydrogen-bond donors (Lipinski definition) is 2. The molecule has 12 nitrogen and oxygen atoms in total. The number of aromatic nitrogens is 4. The van der Waals surface area contributed by atoms with Gasteiger partial charge in [-0.2, -0.15) is 0 Å². The van der Waals surface area contributed by atoms with E-state index >= 15 is 8.78 Å². The van der Waals surface area contributed by atoms with E-state index in [1.165, 1.54) is 25.7 Å². The average molecular weight is 566 g/mol. The zero-order valence-electron chi connectivity index (χ0n) is 22.5. The highest BCUT2D eigenvalue weighted by Gasteiger charge is 2.34. The van der Waals surface area contributed by atoms with E-state index < -0.39 is 29.9 Å². The number of hydrogen-bond acceptors (Lipinski definition) is 8. The van der Waals surface area contributed by atoms with Crippen LogP contribution in [-0.4, -0.2) is 76.4 Å². The molecular formula is C27H29F2N9O3. The molecule has 3 amide bonds. The molecule has 1 aliphatic heterocycles. The number of nitrogens with zero attached hydrogens (tertiary/aromatic N) is 7. The second kappa shape index (κ2) is 12.1. The van der Waals surface area contributed by atoms with Crippen molar-refractivity contribution in [3.63, 3.8) is 0 Å². The molecule has 3 heterocycles. The number of para-hydroxylation sites is 1. The third-order valence-electron chi connectivity index (χ3n) is 6.63. The van der Waals surface area contributed by atoms with Gasteiger partial charge in [-0.1, -0.05) is 23.4 Å². The summed E-state index contributed by atoms with van der Waals surface area (Å²) in [5, 5.41) is 12.5. The lowest BCUT2D eigenvalue weighted by molar-refractivity contribution is 0.129. The third kappa shape index (κ3) is 6.32. The highest BCUT2D eigenvalue weighted by molar-refractivity contribution is 5.92. The number of hydrazine groups is 1. The van der Waals surface area contributed by atoms with Crippen LogP contribution in [0.5, 0.6) is 0 Å². The topological polar surface area (TPSA) is 121 Å². The Morgan fingerprint density at radius 3 is 2.71 bits per heavy atom. The number of amides is 3. The highest BCUT2D eigenvalue weighted by Crippen LogP contribution is 2.31. The van der Waals surface area contributed by atoms with Gasteiger partial charge in [0.15, 0.2) is 11.6 Å². The number of ether oxygens (including phenoxy) is 1. The van der Waals surface area contributed by atoms with Gasteiger partial charge in [0.2, 0.25) is 0 Å². The van der Waals surface area contributed by atoms with Gasteiger partial charge < -0.3 is 15.0 Å². The number of anilines is 3. The van der Waals surface area contributed by atoms with Crippen LogP contribution in [0.4, 0.5) is 35.4 Å². The lowest BCUT2D eigenvalue weighted by Gasteiger charge is -2.27. The molecule has 0 unspecified atom stereocenters. The van der Waals surface area contributed by atoms with Gasteiger partial charge in [0, 0.05) is 50.4 Å². The van der Waals surface area contributed by atoms with Crippen LogP contribution < -0.4 is 20.5 Å². The van der Waals surface area contributed by atoms with E-state index in [2.05, 4.69) is 26.0 Å². The molecule has 1 aliphatic rings. The minimum atomic E-state index is -0.815. The van der Waals surface area contributed by atoms with Crippen molar-refractivity contribution in [3.8, 4) is 0 Å². The molecule has 0 spiro atoms. The van der Waals surface area contributed by atoms with E-state index in [0.717, 1.165) is 23.0 Å². The Labute approximate surface area is 234 Å². The van der Waals surface area contributed by atoms with Crippen LogP contribution >= 0.6 is 0 Å². The maximum Gasteiger partial charge on any atom is 0.414 e. The molecule has 0 aliphatic carbocycles. The summed E-state index contributed by atoms with van der Waals surface area (Å²) in [5.41, 5.74) is 4.12. The number of urea groups is 1. The summed E-state index contributed by atoms with van der Waals surface area (Å²) in [6.45, 7) is 2.87. The van der Waals surface area contributed by atoms with Gasteiger partial charge in [0.1, 0.15) is 11.8 Å². The quantitative estimate of drug-likeness (QED) is 0.280. The van der Waals surface area contributed by atoms with Crippen LogP contribution in [0.1, 0.15) is 6.92 Å². The zero-order chi connectivity index (χ0) is 28.9. The Balaban J connectivity index is 1.17. The summed E-state index contributed by atoms with van der Waals surface area (Å²) in [5.74, 6) is -1.63. The van der Waals surface area contributed by atoms with Crippen LogP contribution in [0.2, 0.25) is 0 Å². The number of likely N-dealkylation sites (N-methyl/N-ethyl adjacent to an activating group) is 1. The Morgan fingerprint density at radius 1 is 1.20 bits per heavy atom. The van der Waals surface area contributed by atoms with Crippen molar-refractivity contribution in [2.24, 2.45) is 0 Å². The first-order chi connectivity index (χ1) is 19.8. The van der Waals surface area contributed by atoms with Gasteiger partial charge in [-0.3, -0.25) is 14.9 Å². The standard InChI is InChI=1S/C27H29F2N9O3/c1-3-36(10-9-32-35(2)26(39)33-19-12-18-6-4-5-7-24(18)30-15-19)25-22(28)13-20(14-23(25)29)38-17-21(41-27(38)40)16-37-11-8-31-34-37/h4-8,11-15,21,32H,3,9-10,16-17H2,1-2H3,(H,33,39)/t21-/m0/s1. The van der Waals surface area contributed by atoms with E-state index in [4.69, 9.17) is 4.74 Å². The molecule has 2 aromatic carbocycles. The fourth-order valence-corrected chi connectivity index (χ4v) is 4.58. The molecule has 0 radical (unpaired) electrons. The van der Waals surface area contributed by atoms with E-state index in [1.54, 1.807) is 26.4 Å². The lowest BCUT2D eigenvalue weighted by Crippen LogP contribution is -2.45. The number of pyridine rings is 1. The van der Waals surface area contributed by atoms with Crippen LogP contribution in [0.25, 0.3) is 10.9 Å². The van der Waals surface area contributed by atoms with Crippen LogP contribution in [0, 0.1) is 11.6 Å². The molecule has 0 saturated carbocycles. The molecule has 4 aromatic rings. The van der Waals surface area contributed by atoms with Crippen molar-refractivity contribution >= 4 is 40.1 Å². The first-order valence-corrected chi connectivity index (χ1v) is 13.0. The van der Waals surface area contributed by atoms with E-state index in [-0.39, 0.29) is 37.6 Å². The zero-order valence-corrected chi connectivity index (χ0v) is 22.5. The van der Waals surface area contributed by atoms with E-state index in [0.29, 0.717) is 12.2 Å². The first-order valence-electron chi connectivity index (χ1n) is 13.0. The molecular weight excluding hydrogens is 536 g/mol. The molecule has 5 rings (SSSR count). The van der Waals surface area contributed by atoms with Crippen molar-refractivity contribution in [2.45, 2.75) is 19.6 Å². The van der Waals surface area contributed by atoms with E-state index in [9.17, 15) is 9.59 Å². The molecule has 14 heteroatoms. The van der Waals surface area contributed by atoms with Gasteiger partial charge in [-0.15, -0.1) is 5.10 Å². The summed E-state index contributed by atoms with van der Waals surface area (Å²) >= 11 is 0. The predicted octanol–water partition coefficient (Wildman–Crippen LogP) is 3.62. The Morgan fingerprint density at radius 2 is 1.98 bits per heavy atom. The van der Waals surface area contributed by atoms with Crippen molar-refractivity contribution in [3.05, 3.63) is 72.7 Å². The second-order valence-electron chi connectivity index (χ2n) is 9.39. The van der Waals surface area contributed by atoms with Gasteiger partial charge in [-0.05, 0) is 19.1 Å². The number of benzene rings is 2. The molecule has 2 aromatic heterocycles. The number of cyclic esters (lactones) is 1. The summed E-state index contributed by atoms with van der Waals surface area (Å²) < 4.78 is 37.3. The largest absolute Gasteiger partial charge is 0.442 e. The Kier molecular flexibility index (Phi) is 8.19. The van der Waals surface area contributed by atoms with Gasteiger partial charge in [0.05, 0.1) is 42.4 Å². The van der Waals surface area contributed by atoms with Crippen LogP contribution in [-0.2, 0) is 11.3 Å². The van der Waals surface area contributed by atoms with Crippen molar-refractivity contribution in [2.75, 3.05) is 48.3 Å². The average Bonchev–Trinajstić information content (AvgIpc) is 3.60. The molecule has 1 fully saturated rings. The lowest BCUT2D eigenvalue weighted by atomic mass is 10.2. The van der Waals surface area contributed by atoms with Gasteiger partial charge in [-0.25, -0.2) is 28.5 Å². The number of halogens is 2. The minimum Gasteiger partial charge on any atom is -0.442 e. The minimum absolute atomic E-state index is 0.0589. The van der Waals surface area contributed by atoms with Crippen molar-refractivity contribution in [1.29, 1.82) is 0 Å². The van der Waals surface area contributed by atoms with Gasteiger partial charge in [0.25, 0.3) is 0 Å². The molecule has 1 atom stereocenters. The molecule has 2 N–H and O–H groups in total. The molecule has 214 valence electrons. The summed E-state index contributed by atoms with van der Waals surface area (Å²) in [6.07, 6.45) is 3.47. The predicted molar refractivity (Wildman–Crippen MR) is 148 cm³/mol. The SMILES string of the molecule is CCN(CCNN(C)C(=O)Nc1cnc2ccccc2c1)c1c(F)cc(N2C[C@H](Cn3ccnn3)OC2=O)cc1F. The fourth-order valence-electron chi connectivity index (χ4n) is 4.58. The Bertz CT molecular complexity index is 1510. The van der Waals surface area contributed by atoms with Gasteiger partial charge >= 0.3 is 12.1 Å². The summed E-state index contributed by atoms with van der Waals surface area (Å²) in [7, 11) is 1.54. The molecule has 1 saturated heterocycles. The Hall–Kier alpha value is -4.85. The maximum absolute atomic E-state index is 15.2. The van der Waals surface area contributed by atoms with E-state index in [1.807, 2.05) is 30.3 Å². The molecule has 41 heavy (non-hydrogen) atoms. The second-order valence-corrected chi connectivity index (χ2v) is 9.39. The highest BCUT2D eigenvalue weighted by atomic mass is 19.1. The fraction of sp³-hybridized carbons (Fsp3) is 0.296. The molecule has 0 bridgehead atoms.